The van der Waals surface area contributed by atoms with Crippen LogP contribution in [0.4, 0.5) is 4.79 Å². The van der Waals surface area contributed by atoms with Gasteiger partial charge in [-0.1, -0.05) is 36.9 Å². The number of aromatic nitrogens is 1. The second-order valence-corrected chi connectivity index (χ2v) is 8.66. The first-order valence-electron chi connectivity index (χ1n) is 11.9. The molecule has 1 saturated heterocycles. The molecule has 1 aliphatic heterocycles. The molecule has 4 rings (SSSR count). The third-order valence-electron chi connectivity index (χ3n) is 6.12. The van der Waals surface area contributed by atoms with Crippen molar-refractivity contribution in [1.82, 2.24) is 20.5 Å². The van der Waals surface area contributed by atoms with Crippen LogP contribution in [0.1, 0.15) is 12.5 Å². The third-order valence-corrected chi connectivity index (χ3v) is 6.12. The number of hydrogen-bond acceptors (Lipinski definition) is 6. The normalized spacial score (nSPS) is 17.3. The topological polar surface area (TPSA) is 110 Å². The Kier molecular flexibility index (Phi) is 7.86. The molecule has 1 aromatic heterocycles. The molecule has 3 aromatic rings. The Hall–Kier alpha value is -4.92. The minimum absolute atomic E-state index is 0.100. The van der Waals surface area contributed by atoms with Gasteiger partial charge in [0.2, 0.25) is 6.41 Å². The quantitative estimate of drug-likeness (QED) is 0.173. The van der Waals surface area contributed by atoms with Gasteiger partial charge < -0.3 is 19.7 Å². The van der Waals surface area contributed by atoms with Gasteiger partial charge in [0.05, 0.1) is 19.2 Å². The number of carbonyl (C=O) groups excluding carboxylic acids is 3. The third kappa shape index (κ3) is 5.57. The lowest BCUT2D eigenvalue weighted by Crippen LogP contribution is -2.52. The number of fused-ring (bicyclic) bond motifs is 1. The number of amides is 4. The Morgan fingerprint density at radius 3 is 2.53 bits per heavy atom. The average molecular weight is 513 g/mol. The number of nitrogens with one attached hydrogen (secondary N) is 2. The predicted molar refractivity (Wildman–Crippen MR) is 143 cm³/mol. The maximum atomic E-state index is 13.0. The highest BCUT2D eigenvalue weighted by atomic mass is 16.5. The summed E-state index contributed by atoms with van der Waals surface area (Å²) < 4.78 is 11.3. The maximum Gasteiger partial charge on any atom is 0.322 e. The van der Waals surface area contributed by atoms with Crippen molar-refractivity contribution < 1.29 is 23.9 Å². The van der Waals surface area contributed by atoms with Crippen LogP contribution < -0.4 is 15.4 Å². The minimum Gasteiger partial charge on any atom is -0.497 e. The van der Waals surface area contributed by atoms with Gasteiger partial charge in [0.25, 0.3) is 5.91 Å². The monoisotopic (exact) mass is 512 g/mol. The van der Waals surface area contributed by atoms with E-state index >= 15 is 0 Å². The summed E-state index contributed by atoms with van der Waals surface area (Å²) in [7, 11) is 1.56. The zero-order valence-corrected chi connectivity index (χ0v) is 21.1. The number of hydrogen-bond donors (Lipinski definition) is 2. The minimum atomic E-state index is -1.48. The highest BCUT2D eigenvalue weighted by molar-refractivity contribution is 6.07. The van der Waals surface area contributed by atoms with E-state index in [2.05, 4.69) is 22.2 Å². The Balaban J connectivity index is 1.56. The molecule has 0 radical (unpaired) electrons. The van der Waals surface area contributed by atoms with Crippen molar-refractivity contribution in [2.75, 3.05) is 20.2 Å². The van der Waals surface area contributed by atoms with Crippen molar-refractivity contribution in [2.24, 2.45) is 0 Å². The Labute approximate surface area is 220 Å². The number of para-hydroxylation sites is 1. The summed E-state index contributed by atoms with van der Waals surface area (Å²) in [5, 5.41) is 5.86. The second-order valence-electron chi connectivity index (χ2n) is 8.66. The first-order valence-corrected chi connectivity index (χ1v) is 11.9. The van der Waals surface area contributed by atoms with Gasteiger partial charge in [-0.15, -0.1) is 0 Å². The zero-order valence-electron chi connectivity index (χ0n) is 21.1. The fourth-order valence-corrected chi connectivity index (χ4v) is 4.22. The standard InChI is InChI=1S/C29H28N4O5/c1-4-22(37-3)12-9-20(2)17-33(19-34)18-29(27(35)31-28(36)32-29)21-10-13-23(14-11-21)38-26-15-16-30-25-8-6-5-7-24(25)26/h4-16,19H,2,17-18H2,1,3H3,(H2,31,32,35,36)/b12-9-,22-4+/t29-/m0/s1. The average Bonchev–Trinajstić information content (AvgIpc) is 3.22. The van der Waals surface area contributed by atoms with E-state index in [1.54, 1.807) is 61.9 Å². The number of pyridine rings is 1. The van der Waals surface area contributed by atoms with Crippen LogP contribution in [0.3, 0.4) is 0 Å². The van der Waals surface area contributed by atoms with Crippen molar-refractivity contribution in [1.29, 1.82) is 0 Å². The number of benzene rings is 2. The first kappa shape index (κ1) is 26.2. The van der Waals surface area contributed by atoms with Crippen LogP contribution in [-0.4, -0.2) is 48.4 Å². The molecule has 2 aromatic carbocycles. The molecule has 2 N–H and O–H groups in total. The number of nitrogens with zero attached hydrogens (tertiary/aromatic N) is 2. The molecule has 0 saturated carbocycles. The molecule has 0 aliphatic carbocycles. The molecular weight excluding hydrogens is 484 g/mol. The molecule has 38 heavy (non-hydrogen) atoms. The maximum absolute atomic E-state index is 13.0. The zero-order chi connectivity index (χ0) is 27.1. The number of rotatable bonds is 11. The number of allylic oxidation sites excluding steroid dienone is 2. The van der Waals surface area contributed by atoms with E-state index in [1.165, 1.54) is 4.90 Å². The van der Waals surface area contributed by atoms with Crippen molar-refractivity contribution in [3.63, 3.8) is 0 Å². The number of ether oxygens (including phenoxy) is 2. The fourth-order valence-electron chi connectivity index (χ4n) is 4.22. The highest BCUT2D eigenvalue weighted by Gasteiger charge is 2.48. The summed E-state index contributed by atoms with van der Waals surface area (Å²) in [6.07, 6.45) is 7.54. The lowest BCUT2D eigenvalue weighted by Gasteiger charge is -2.31. The first-order chi connectivity index (χ1) is 18.4. The number of carbonyl (C=O) groups is 3. The lowest BCUT2D eigenvalue weighted by molar-refractivity contribution is -0.126. The van der Waals surface area contributed by atoms with Gasteiger partial charge in [-0.3, -0.25) is 19.9 Å². The van der Waals surface area contributed by atoms with Crippen molar-refractivity contribution in [3.05, 3.63) is 102 Å². The van der Waals surface area contributed by atoms with Gasteiger partial charge in [-0.25, -0.2) is 4.79 Å². The molecule has 0 spiro atoms. The van der Waals surface area contributed by atoms with E-state index < -0.39 is 17.5 Å². The van der Waals surface area contributed by atoms with E-state index in [0.717, 1.165) is 10.9 Å². The van der Waals surface area contributed by atoms with Gasteiger partial charge in [-0.05, 0) is 60.5 Å². The van der Waals surface area contributed by atoms with Crippen LogP contribution in [0.25, 0.3) is 10.9 Å². The Morgan fingerprint density at radius 1 is 1.11 bits per heavy atom. The van der Waals surface area contributed by atoms with E-state index in [-0.39, 0.29) is 13.1 Å². The van der Waals surface area contributed by atoms with Gasteiger partial charge >= 0.3 is 6.03 Å². The second kappa shape index (κ2) is 11.4. The summed E-state index contributed by atoms with van der Waals surface area (Å²) in [5.74, 6) is 1.26. The van der Waals surface area contributed by atoms with Gasteiger partial charge in [0, 0.05) is 18.1 Å². The molecule has 9 nitrogen and oxygen atoms in total. The summed E-state index contributed by atoms with van der Waals surface area (Å²) >= 11 is 0. The molecule has 4 amide bonds. The van der Waals surface area contributed by atoms with Crippen LogP contribution >= 0.6 is 0 Å². The predicted octanol–water partition coefficient (Wildman–Crippen LogP) is 4.18. The van der Waals surface area contributed by atoms with E-state index in [1.807, 2.05) is 31.2 Å². The van der Waals surface area contributed by atoms with Crippen molar-refractivity contribution in [2.45, 2.75) is 12.5 Å². The molecule has 1 fully saturated rings. The molecule has 9 heteroatoms. The smallest absolute Gasteiger partial charge is 0.322 e. The van der Waals surface area contributed by atoms with Gasteiger partial charge in [-0.2, -0.15) is 0 Å². The molecule has 1 aliphatic rings. The fraction of sp³-hybridized carbons (Fsp3) is 0.172. The SMILES string of the molecule is C=C(/C=C\C(=C/C)OC)CN(C=O)C[C@@]1(c2ccc(Oc3ccnc4ccccc34)cc2)NC(=O)NC1=O. The van der Waals surface area contributed by atoms with Crippen LogP contribution in [0, 0.1) is 0 Å². The summed E-state index contributed by atoms with van der Waals surface area (Å²) in [6, 6.07) is 15.6. The number of urea groups is 1. The van der Waals surface area contributed by atoms with E-state index in [0.29, 0.717) is 34.8 Å². The van der Waals surface area contributed by atoms with Crippen molar-refractivity contribution in [3.8, 4) is 11.5 Å². The van der Waals surface area contributed by atoms with Crippen LogP contribution in [0.15, 0.2) is 96.9 Å². The Morgan fingerprint density at radius 2 is 1.87 bits per heavy atom. The van der Waals surface area contributed by atoms with Crippen LogP contribution in [0.5, 0.6) is 11.5 Å². The molecule has 194 valence electrons. The summed E-state index contributed by atoms with van der Waals surface area (Å²) in [5.41, 5.74) is 0.434. The van der Waals surface area contributed by atoms with Crippen molar-refractivity contribution >= 4 is 29.3 Å². The molecule has 0 bridgehead atoms. The summed E-state index contributed by atoms with van der Waals surface area (Å²) in [6.45, 7) is 5.86. The highest BCUT2D eigenvalue weighted by Crippen LogP contribution is 2.32. The summed E-state index contributed by atoms with van der Waals surface area (Å²) in [4.78, 5) is 42.9. The van der Waals surface area contributed by atoms with E-state index in [4.69, 9.17) is 9.47 Å². The van der Waals surface area contributed by atoms with Gasteiger partial charge in [0.15, 0.2) is 5.54 Å². The number of methoxy groups -OCH3 is 1. The molecule has 2 heterocycles. The molecule has 1 atom stereocenters. The largest absolute Gasteiger partial charge is 0.497 e. The lowest BCUT2D eigenvalue weighted by atomic mass is 9.89. The van der Waals surface area contributed by atoms with E-state index in [9.17, 15) is 14.4 Å². The van der Waals surface area contributed by atoms with Crippen LogP contribution in [0.2, 0.25) is 0 Å². The Bertz CT molecular complexity index is 1430. The molecular formula is C29H28N4O5. The van der Waals surface area contributed by atoms with Gasteiger partial charge in [0.1, 0.15) is 17.3 Å². The van der Waals surface area contributed by atoms with Crippen LogP contribution in [-0.2, 0) is 19.9 Å². The number of imide groups is 1. The molecule has 0 unspecified atom stereocenters.